The Morgan fingerprint density at radius 2 is 2.29 bits per heavy atom. The van der Waals surface area contributed by atoms with Crippen LogP contribution in [-0.4, -0.2) is 82.8 Å². The van der Waals surface area contributed by atoms with Crippen LogP contribution in [-0.2, 0) is 14.3 Å². The molecule has 120 valence electrons. The predicted molar refractivity (Wildman–Crippen MR) is 63.5 cm³/mol. The quantitative estimate of drug-likeness (QED) is 0.431. The Kier molecular flexibility index (Phi) is 4.33. The van der Waals surface area contributed by atoms with Crippen LogP contribution in [0.25, 0.3) is 0 Å². The van der Waals surface area contributed by atoms with Crippen LogP contribution in [0.5, 0.6) is 0 Å². The summed E-state index contributed by atoms with van der Waals surface area (Å²) in [5, 5.41) is 30.4. The van der Waals surface area contributed by atoms with Gasteiger partial charge in [0.15, 0.2) is 6.23 Å². The number of carbonyl (C=O) groups is 2. The van der Waals surface area contributed by atoms with Crippen molar-refractivity contribution < 1.29 is 38.8 Å². The summed E-state index contributed by atoms with van der Waals surface area (Å²) in [6.45, 7) is -0.830. The number of aliphatic hydroxyl groups excluding tert-OH is 3. The second-order valence-electron chi connectivity index (χ2n) is 4.86. The average Bonchev–Trinajstić information content (AvgIpc) is 2.72. The number of alkyl halides is 1. The number of carbonyl (C=O) groups excluding carboxylic acids is 2. The Hall–Kier alpha value is -1.49. The molecule has 1 unspecified atom stereocenters. The molecule has 4 N–H and O–H groups in total. The van der Waals surface area contributed by atoms with Gasteiger partial charge in [-0.1, -0.05) is 0 Å². The molecule has 0 saturated carbocycles. The van der Waals surface area contributed by atoms with Crippen molar-refractivity contribution in [3.63, 3.8) is 0 Å². The average molecular weight is 308 g/mol. The van der Waals surface area contributed by atoms with Crippen LogP contribution in [0.15, 0.2) is 0 Å². The van der Waals surface area contributed by atoms with E-state index < -0.39 is 48.9 Å². The first-order valence-electron chi connectivity index (χ1n) is 6.33. The lowest BCUT2D eigenvalue weighted by molar-refractivity contribution is -0.172. The zero-order valence-electron chi connectivity index (χ0n) is 11.2. The van der Waals surface area contributed by atoms with E-state index in [1.165, 1.54) is 0 Å². The third-order valence-electron chi connectivity index (χ3n) is 3.60. The molecule has 2 fully saturated rings. The van der Waals surface area contributed by atoms with Crippen molar-refractivity contribution in [3.8, 4) is 0 Å². The highest BCUT2D eigenvalue weighted by Crippen LogP contribution is 2.38. The van der Waals surface area contributed by atoms with E-state index >= 15 is 4.39 Å². The molecule has 21 heavy (non-hydrogen) atoms. The summed E-state index contributed by atoms with van der Waals surface area (Å²) in [7, 11) is 0.930. The number of amides is 2. The number of nitrogens with one attached hydrogen (secondary N) is 1. The van der Waals surface area contributed by atoms with Gasteiger partial charge >= 0.3 is 12.0 Å². The van der Waals surface area contributed by atoms with E-state index in [0.29, 0.717) is 0 Å². The molecule has 0 bridgehead atoms. The van der Waals surface area contributed by atoms with Crippen LogP contribution in [0.4, 0.5) is 9.18 Å². The Morgan fingerprint density at radius 3 is 2.81 bits per heavy atom. The normalized spacial score (nSPS) is 40.0. The third kappa shape index (κ3) is 2.44. The smallest absolute Gasteiger partial charge is 0.351 e. The molecule has 0 aromatic rings. The largest absolute Gasteiger partial charge is 0.466 e. The number of urea groups is 1. The van der Waals surface area contributed by atoms with E-state index in [4.69, 9.17) is 9.84 Å². The summed E-state index contributed by atoms with van der Waals surface area (Å²) in [5.74, 6) is -1.41. The summed E-state index contributed by atoms with van der Waals surface area (Å²) in [6.07, 6.45) is -6.12. The van der Waals surface area contributed by atoms with Crippen molar-refractivity contribution in [1.82, 2.24) is 10.2 Å². The molecule has 2 aliphatic rings. The van der Waals surface area contributed by atoms with E-state index in [2.05, 4.69) is 10.1 Å². The van der Waals surface area contributed by atoms with E-state index in [9.17, 15) is 19.8 Å². The van der Waals surface area contributed by atoms with Crippen molar-refractivity contribution in [3.05, 3.63) is 0 Å². The number of hydrogen-bond donors (Lipinski definition) is 4. The highest BCUT2D eigenvalue weighted by Gasteiger charge is 2.66. The number of rotatable bonds is 3. The minimum absolute atomic E-state index is 0.0861. The lowest BCUT2D eigenvalue weighted by Crippen LogP contribution is -2.63. The fourth-order valence-corrected chi connectivity index (χ4v) is 2.46. The second kappa shape index (κ2) is 5.72. The first-order chi connectivity index (χ1) is 9.86. The molecule has 2 heterocycles. The van der Waals surface area contributed by atoms with E-state index in [-0.39, 0.29) is 13.0 Å². The van der Waals surface area contributed by atoms with Crippen molar-refractivity contribution in [2.75, 3.05) is 20.3 Å². The van der Waals surface area contributed by atoms with Crippen LogP contribution < -0.4 is 5.32 Å². The molecule has 9 nitrogen and oxygen atoms in total. The first-order valence-corrected chi connectivity index (χ1v) is 6.33. The van der Waals surface area contributed by atoms with Crippen LogP contribution in [0.1, 0.15) is 6.42 Å². The maximum atomic E-state index is 15.0. The highest BCUT2D eigenvalue weighted by molar-refractivity contribution is 5.83. The van der Waals surface area contributed by atoms with Gasteiger partial charge in [-0.05, 0) is 0 Å². The maximum absolute atomic E-state index is 15.0. The fraction of sp³-hybridized carbons (Fsp3) is 0.818. The number of aliphatic hydroxyl groups is 3. The monoisotopic (exact) mass is 308 g/mol. The zero-order chi connectivity index (χ0) is 15.8. The van der Waals surface area contributed by atoms with Gasteiger partial charge in [-0.3, -0.25) is 4.90 Å². The molecular formula is C11H17FN2O7. The van der Waals surface area contributed by atoms with E-state index in [0.717, 1.165) is 12.0 Å². The Morgan fingerprint density at radius 1 is 1.62 bits per heavy atom. The van der Waals surface area contributed by atoms with Crippen molar-refractivity contribution in [2.45, 2.75) is 36.8 Å². The van der Waals surface area contributed by atoms with Gasteiger partial charge in [-0.15, -0.1) is 0 Å². The van der Waals surface area contributed by atoms with Gasteiger partial charge in [0.05, 0.1) is 13.7 Å². The number of hydrogen-bond acceptors (Lipinski definition) is 7. The molecule has 10 heteroatoms. The topological polar surface area (TPSA) is 129 Å². The fourth-order valence-electron chi connectivity index (χ4n) is 2.46. The van der Waals surface area contributed by atoms with Gasteiger partial charge in [0.1, 0.15) is 18.4 Å². The molecule has 0 aliphatic carbocycles. The number of halogens is 1. The molecule has 0 aromatic carbocycles. The van der Waals surface area contributed by atoms with Gasteiger partial charge in [0.2, 0.25) is 0 Å². The molecule has 2 saturated heterocycles. The Balaban J connectivity index is 2.31. The van der Waals surface area contributed by atoms with E-state index in [1.807, 2.05) is 0 Å². The minimum Gasteiger partial charge on any atom is -0.466 e. The molecule has 2 amide bonds. The van der Waals surface area contributed by atoms with Crippen molar-refractivity contribution in [2.24, 2.45) is 0 Å². The van der Waals surface area contributed by atoms with Crippen molar-refractivity contribution >= 4 is 12.0 Å². The van der Waals surface area contributed by atoms with Gasteiger partial charge in [0.25, 0.3) is 5.67 Å². The summed E-state index contributed by atoms with van der Waals surface area (Å²) < 4.78 is 24.5. The number of methoxy groups -OCH3 is 1. The summed E-state index contributed by atoms with van der Waals surface area (Å²) in [5.41, 5.74) is -3.03. The van der Waals surface area contributed by atoms with E-state index in [1.54, 1.807) is 0 Å². The Bertz CT molecular complexity index is 437. The number of esters is 1. The van der Waals surface area contributed by atoms with Crippen LogP contribution in [0.2, 0.25) is 0 Å². The van der Waals surface area contributed by atoms with Gasteiger partial charge in [-0.2, -0.15) is 0 Å². The summed E-state index contributed by atoms with van der Waals surface area (Å²) >= 11 is 0. The van der Waals surface area contributed by atoms with Gasteiger partial charge in [0, 0.05) is 13.0 Å². The predicted octanol–water partition coefficient (Wildman–Crippen LogP) is -2.32. The molecule has 0 radical (unpaired) electrons. The molecule has 5 atom stereocenters. The summed E-state index contributed by atoms with van der Waals surface area (Å²) in [6, 6.07) is -0.851. The minimum atomic E-state index is -3.03. The lowest BCUT2D eigenvalue weighted by atomic mass is 9.95. The van der Waals surface area contributed by atoms with Crippen LogP contribution >= 0.6 is 0 Å². The number of nitrogens with zero attached hydrogens (tertiary/aromatic N) is 1. The van der Waals surface area contributed by atoms with Crippen LogP contribution in [0, 0.1) is 0 Å². The number of ether oxygens (including phenoxy) is 2. The molecule has 0 spiro atoms. The second-order valence-corrected chi connectivity index (χ2v) is 4.86. The highest BCUT2D eigenvalue weighted by atomic mass is 19.1. The molecule has 2 rings (SSSR count). The molecular weight excluding hydrogens is 291 g/mol. The molecule has 0 aromatic heterocycles. The standard InChI is InChI=1S/C11H17FN2O7/c1-20-9(18)11(12)7(17)5(4-15)21-8(11)14-3-2-6(16)13-10(14)19/h5-8,15-17H,2-4H2,1H3,(H,13,19)/t5-,6?,7-,8-,11+/m1/s1. The molecule has 2 aliphatic heterocycles. The summed E-state index contributed by atoms with van der Waals surface area (Å²) in [4.78, 5) is 24.3. The third-order valence-corrected chi connectivity index (χ3v) is 3.60. The zero-order valence-corrected chi connectivity index (χ0v) is 11.2. The van der Waals surface area contributed by atoms with Gasteiger partial charge < -0.3 is 30.1 Å². The first kappa shape index (κ1) is 15.9. The van der Waals surface area contributed by atoms with Gasteiger partial charge in [-0.25, -0.2) is 14.0 Å². The van der Waals surface area contributed by atoms with Crippen LogP contribution in [0.3, 0.4) is 0 Å². The Labute approximate surface area is 119 Å². The van der Waals surface area contributed by atoms with Crippen molar-refractivity contribution in [1.29, 1.82) is 0 Å². The lowest BCUT2D eigenvalue weighted by Gasteiger charge is -2.38. The maximum Gasteiger partial charge on any atom is 0.351 e. The SMILES string of the molecule is COC(=O)[C@]1(F)[C@H](O)[C@@H](CO)O[C@H]1N1CCC(O)NC1=O.